The molecule has 2 aromatic rings. The molecule has 1 aliphatic heterocycles. The van der Waals surface area contributed by atoms with Crippen LogP contribution in [0.25, 0.3) is 0 Å². The highest BCUT2D eigenvalue weighted by molar-refractivity contribution is 9.10. The van der Waals surface area contributed by atoms with E-state index in [0.717, 1.165) is 23.0 Å². The average molecular weight is 347 g/mol. The van der Waals surface area contributed by atoms with Crippen LogP contribution in [0, 0.1) is 0 Å². The summed E-state index contributed by atoms with van der Waals surface area (Å²) in [7, 11) is 0. The van der Waals surface area contributed by atoms with Crippen molar-refractivity contribution >= 4 is 15.9 Å². The normalized spacial score (nSPS) is 20.6. The van der Waals surface area contributed by atoms with Gasteiger partial charge in [0.15, 0.2) is 0 Å². The minimum Gasteiger partial charge on any atom is -0.387 e. The van der Waals surface area contributed by atoms with Crippen molar-refractivity contribution in [3.05, 3.63) is 64.4 Å². The summed E-state index contributed by atoms with van der Waals surface area (Å²) in [5.74, 6) is 0. The number of aliphatic hydroxyl groups is 1. The number of β-amino-alcohol motifs (C(OH)–C–C–N with tert-alkyl or cyclic N) is 1. The molecule has 1 fully saturated rings. The molecule has 1 N–H and O–H groups in total. The molecule has 110 valence electrons. The molecule has 0 aliphatic carbocycles. The standard InChI is InChI=1S/C17H19BrN2O/c18-15-5-2-1-4-14(15)17(21)12-20-11-3-6-16(20)13-7-9-19-10-8-13/h1-2,4-5,7-10,16-17,21H,3,6,11-12H2. The number of benzene rings is 1. The zero-order valence-electron chi connectivity index (χ0n) is 11.8. The highest BCUT2D eigenvalue weighted by Crippen LogP contribution is 2.34. The van der Waals surface area contributed by atoms with Gasteiger partial charge in [-0.15, -0.1) is 0 Å². The van der Waals surface area contributed by atoms with E-state index in [0.29, 0.717) is 12.6 Å². The molecule has 1 aromatic carbocycles. The first kappa shape index (κ1) is 14.7. The zero-order chi connectivity index (χ0) is 14.7. The predicted octanol–water partition coefficient (Wildman–Crippen LogP) is 3.71. The number of halogens is 1. The van der Waals surface area contributed by atoms with Crippen molar-refractivity contribution in [2.24, 2.45) is 0 Å². The molecule has 0 spiro atoms. The maximum absolute atomic E-state index is 10.5. The highest BCUT2D eigenvalue weighted by atomic mass is 79.9. The third kappa shape index (κ3) is 3.34. The summed E-state index contributed by atoms with van der Waals surface area (Å²) in [4.78, 5) is 6.46. The van der Waals surface area contributed by atoms with Crippen molar-refractivity contribution in [2.45, 2.75) is 25.0 Å². The Morgan fingerprint density at radius 2 is 2.00 bits per heavy atom. The van der Waals surface area contributed by atoms with Crippen LogP contribution in [-0.2, 0) is 0 Å². The van der Waals surface area contributed by atoms with Crippen molar-refractivity contribution in [1.82, 2.24) is 9.88 Å². The van der Waals surface area contributed by atoms with Crippen LogP contribution in [0.2, 0.25) is 0 Å². The van der Waals surface area contributed by atoms with E-state index in [-0.39, 0.29) is 0 Å². The summed E-state index contributed by atoms with van der Waals surface area (Å²) in [6.45, 7) is 1.70. The Bertz CT molecular complexity index is 590. The zero-order valence-corrected chi connectivity index (χ0v) is 13.4. The Balaban J connectivity index is 1.73. The molecule has 2 heterocycles. The van der Waals surface area contributed by atoms with Gasteiger partial charge in [0.1, 0.15) is 0 Å². The quantitative estimate of drug-likeness (QED) is 0.916. The van der Waals surface area contributed by atoms with Crippen molar-refractivity contribution in [2.75, 3.05) is 13.1 Å². The van der Waals surface area contributed by atoms with Gasteiger partial charge in [0, 0.05) is 29.5 Å². The third-order valence-corrected chi connectivity index (χ3v) is 4.85. The fourth-order valence-electron chi connectivity index (χ4n) is 3.07. The molecule has 4 heteroatoms. The van der Waals surface area contributed by atoms with Crippen molar-refractivity contribution in [3.8, 4) is 0 Å². The third-order valence-electron chi connectivity index (χ3n) is 4.13. The van der Waals surface area contributed by atoms with Crippen LogP contribution in [-0.4, -0.2) is 28.1 Å². The second kappa shape index (κ2) is 6.69. The lowest BCUT2D eigenvalue weighted by Gasteiger charge is -2.27. The lowest BCUT2D eigenvalue weighted by molar-refractivity contribution is 0.106. The van der Waals surface area contributed by atoms with Crippen LogP contribution in [0.15, 0.2) is 53.3 Å². The molecule has 21 heavy (non-hydrogen) atoms. The summed E-state index contributed by atoms with van der Waals surface area (Å²) in [5.41, 5.74) is 2.25. The Kier molecular flexibility index (Phi) is 4.68. The first-order valence-corrected chi connectivity index (χ1v) is 8.11. The first-order valence-electron chi connectivity index (χ1n) is 7.32. The monoisotopic (exact) mass is 346 g/mol. The van der Waals surface area contributed by atoms with Crippen LogP contribution in [0.3, 0.4) is 0 Å². The molecule has 3 nitrogen and oxygen atoms in total. The van der Waals surface area contributed by atoms with Gasteiger partial charge in [0.25, 0.3) is 0 Å². The van der Waals surface area contributed by atoms with Crippen LogP contribution in [0.5, 0.6) is 0 Å². The molecule has 2 atom stereocenters. The van der Waals surface area contributed by atoms with Gasteiger partial charge in [-0.1, -0.05) is 34.1 Å². The van der Waals surface area contributed by atoms with Crippen molar-refractivity contribution in [1.29, 1.82) is 0 Å². The highest BCUT2D eigenvalue weighted by Gasteiger charge is 2.28. The van der Waals surface area contributed by atoms with E-state index in [1.807, 2.05) is 36.7 Å². The summed E-state index contributed by atoms with van der Waals surface area (Å²) in [5, 5.41) is 10.5. The smallest absolute Gasteiger partial charge is 0.0928 e. The largest absolute Gasteiger partial charge is 0.387 e. The van der Waals surface area contributed by atoms with Gasteiger partial charge in [0.2, 0.25) is 0 Å². The van der Waals surface area contributed by atoms with Gasteiger partial charge in [-0.05, 0) is 48.7 Å². The number of pyridine rings is 1. The van der Waals surface area contributed by atoms with Gasteiger partial charge in [-0.25, -0.2) is 0 Å². The molecule has 2 unspecified atom stereocenters. The Hall–Kier alpha value is -1.23. The number of nitrogens with zero attached hydrogens (tertiary/aromatic N) is 2. The van der Waals surface area contributed by atoms with Gasteiger partial charge in [-0.3, -0.25) is 9.88 Å². The molecular weight excluding hydrogens is 328 g/mol. The van der Waals surface area contributed by atoms with E-state index < -0.39 is 6.10 Å². The second-order valence-corrected chi connectivity index (χ2v) is 6.33. The van der Waals surface area contributed by atoms with Crippen LogP contribution in [0.1, 0.15) is 36.1 Å². The lowest BCUT2D eigenvalue weighted by atomic mass is 10.0. The molecule has 1 saturated heterocycles. The van der Waals surface area contributed by atoms with E-state index >= 15 is 0 Å². The van der Waals surface area contributed by atoms with Crippen LogP contribution >= 0.6 is 15.9 Å². The maximum atomic E-state index is 10.5. The molecule has 0 amide bonds. The minimum absolute atomic E-state index is 0.394. The van der Waals surface area contributed by atoms with E-state index in [1.165, 1.54) is 12.0 Å². The van der Waals surface area contributed by atoms with Gasteiger partial charge < -0.3 is 5.11 Å². The number of aliphatic hydroxyl groups excluding tert-OH is 1. The number of hydrogen-bond acceptors (Lipinski definition) is 3. The van der Waals surface area contributed by atoms with Crippen LogP contribution in [0.4, 0.5) is 0 Å². The molecule has 0 saturated carbocycles. The summed E-state index contributed by atoms with van der Waals surface area (Å²) < 4.78 is 0.970. The van der Waals surface area contributed by atoms with Crippen molar-refractivity contribution in [3.63, 3.8) is 0 Å². The Morgan fingerprint density at radius 3 is 2.76 bits per heavy atom. The Morgan fingerprint density at radius 1 is 1.24 bits per heavy atom. The summed E-state index contributed by atoms with van der Waals surface area (Å²) in [6.07, 6.45) is 5.54. The number of aromatic nitrogens is 1. The average Bonchev–Trinajstić information content (AvgIpc) is 2.96. The SMILES string of the molecule is OC(CN1CCCC1c1ccncc1)c1ccccc1Br. The molecule has 1 aromatic heterocycles. The molecule has 0 radical (unpaired) electrons. The number of rotatable bonds is 4. The summed E-state index contributed by atoms with van der Waals surface area (Å²) in [6, 6.07) is 12.4. The topological polar surface area (TPSA) is 36.4 Å². The fraction of sp³-hybridized carbons (Fsp3) is 0.353. The van der Waals surface area contributed by atoms with Gasteiger partial charge in [0.05, 0.1) is 6.10 Å². The van der Waals surface area contributed by atoms with Gasteiger partial charge in [-0.2, -0.15) is 0 Å². The van der Waals surface area contributed by atoms with E-state index in [4.69, 9.17) is 0 Å². The van der Waals surface area contributed by atoms with E-state index in [1.54, 1.807) is 0 Å². The molecular formula is C17H19BrN2O. The molecule has 0 bridgehead atoms. The fourth-order valence-corrected chi connectivity index (χ4v) is 3.62. The van der Waals surface area contributed by atoms with Crippen LogP contribution < -0.4 is 0 Å². The molecule has 3 rings (SSSR count). The minimum atomic E-state index is -0.469. The lowest BCUT2D eigenvalue weighted by Crippen LogP contribution is -2.28. The van der Waals surface area contributed by atoms with E-state index in [9.17, 15) is 5.11 Å². The maximum Gasteiger partial charge on any atom is 0.0928 e. The molecule has 1 aliphatic rings. The summed E-state index contributed by atoms with van der Waals surface area (Å²) >= 11 is 3.52. The second-order valence-electron chi connectivity index (χ2n) is 5.47. The first-order chi connectivity index (χ1) is 10.3. The van der Waals surface area contributed by atoms with Crippen molar-refractivity contribution < 1.29 is 5.11 Å². The van der Waals surface area contributed by atoms with Gasteiger partial charge >= 0.3 is 0 Å². The predicted molar refractivity (Wildman–Crippen MR) is 86.9 cm³/mol. The Labute approximate surface area is 133 Å². The number of likely N-dealkylation sites (tertiary alicyclic amines) is 1. The van der Waals surface area contributed by atoms with E-state index in [2.05, 4.69) is 37.9 Å². The number of hydrogen-bond donors (Lipinski definition) is 1.